The van der Waals surface area contributed by atoms with Crippen LogP contribution in [0.1, 0.15) is 43.1 Å². The summed E-state index contributed by atoms with van der Waals surface area (Å²) < 4.78 is 71.6. The van der Waals surface area contributed by atoms with Crippen molar-refractivity contribution >= 4 is 17.5 Å². The molecule has 33 heavy (non-hydrogen) atoms. The highest BCUT2D eigenvalue weighted by atomic mass is 35.5. The molecule has 2 fully saturated rings. The van der Waals surface area contributed by atoms with Crippen LogP contribution in [0, 0.1) is 0 Å². The zero-order chi connectivity index (χ0) is 23.6. The molecule has 1 aromatic carbocycles. The van der Waals surface area contributed by atoms with Crippen LogP contribution in [-0.2, 0) is 14.3 Å². The Morgan fingerprint density at radius 2 is 1.85 bits per heavy atom. The smallest absolute Gasteiger partial charge is 0.484 e. The summed E-state index contributed by atoms with van der Waals surface area (Å²) >= 11 is 5.78. The van der Waals surface area contributed by atoms with Gasteiger partial charge in [0.1, 0.15) is 11.9 Å². The Balaban J connectivity index is 1.22. The number of carbonyl (C=O) groups is 1. The molecule has 1 aliphatic heterocycles. The summed E-state index contributed by atoms with van der Waals surface area (Å²) in [5.41, 5.74) is 0. The van der Waals surface area contributed by atoms with Crippen LogP contribution in [0.5, 0.6) is 5.75 Å². The Morgan fingerprint density at radius 3 is 2.52 bits per heavy atom. The first kappa shape index (κ1) is 23.7. The fraction of sp³-hybridized carbons (Fsp3) is 0.550. The number of alkyl halides is 4. The average Bonchev–Trinajstić information content (AvgIpc) is 3.18. The van der Waals surface area contributed by atoms with Crippen LogP contribution in [0.3, 0.4) is 0 Å². The van der Waals surface area contributed by atoms with Gasteiger partial charge in [0.05, 0.1) is 18.8 Å². The predicted octanol–water partition coefficient (Wildman–Crippen LogP) is 3.87. The fourth-order valence-corrected chi connectivity index (χ4v) is 3.77. The monoisotopic (exact) mass is 493 g/mol. The van der Waals surface area contributed by atoms with Gasteiger partial charge in [0.15, 0.2) is 12.7 Å². The van der Waals surface area contributed by atoms with Gasteiger partial charge < -0.3 is 19.2 Å². The van der Waals surface area contributed by atoms with Crippen molar-refractivity contribution in [1.82, 2.24) is 15.5 Å². The number of rotatable bonds is 7. The SMILES string of the molecule is O=C(COc1ccc(Cl)cc1)N[C@@H]1CO[C@@H](c2nnc(C3CC(OC(F)(F)F)C3)o2)[C@H](F)C1. The Morgan fingerprint density at radius 1 is 1.15 bits per heavy atom. The molecule has 4 rings (SSSR count). The van der Waals surface area contributed by atoms with E-state index in [4.69, 9.17) is 25.5 Å². The summed E-state index contributed by atoms with van der Waals surface area (Å²) in [6, 6.07) is 5.91. The van der Waals surface area contributed by atoms with Gasteiger partial charge in [-0.25, -0.2) is 4.39 Å². The minimum Gasteiger partial charge on any atom is -0.484 e. The Kier molecular flexibility index (Phi) is 7.05. The van der Waals surface area contributed by atoms with Crippen LogP contribution in [0.15, 0.2) is 28.7 Å². The lowest BCUT2D eigenvalue weighted by atomic mass is 9.82. The van der Waals surface area contributed by atoms with Gasteiger partial charge in [0.25, 0.3) is 5.91 Å². The highest BCUT2D eigenvalue weighted by Crippen LogP contribution is 2.41. The van der Waals surface area contributed by atoms with Gasteiger partial charge in [0, 0.05) is 17.4 Å². The molecule has 0 unspecified atom stereocenters. The second kappa shape index (κ2) is 9.82. The van der Waals surface area contributed by atoms with Crippen molar-refractivity contribution in [2.24, 2.45) is 0 Å². The number of halogens is 5. The molecule has 1 N–H and O–H groups in total. The van der Waals surface area contributed by atoms with E-state index in [1.807, 2.05) is 0 Å². The predicted molar refractivity (Wildman–Crippen MR) is 104 cm³/mol. The summed E-state index contributed by atoms with van der Waals surface area (Å²) in [7, 11) is 0. The van der Waals surface area contributed by atoms with E-state index in [9.17, 15) is 22.4 Å². The molecule has 0 bridgehead atoms. The van der Waals surface area contributed by atoms with Crippen molar-refractivity contribution in [2.45, 2.75) is 56.0 Å². The number of amides is 1. The fourth-order valence-electron chi connectivity index (χ4n) is 3.64. The minimum atomic E-state index is -4.69. The van der Waals surface area contributed by atoms with E-state index >= 15 is 0 Å². The molecule has 3 atom stereocenters. The van der Waals surface area contributed by atoms with Gasteiger partial charge in [-0.15, -0.1) is 23.4 Å². The summed E-state index contributed by atoms with van der Waals surface area (Å²) in [6.07, 6.45) is -8.18. The molecule has 2 heterocycles. The van der Waals surface area contributed by atoms with E-state index < -0.39 is 36.7 Å². The lowest BCUT2D eigenvalue weighted by Crippen LogP contribution is -2.46. The Hall–Kier alpha value is -2.44. The van der Waals surface area contributed by atoms with Gasteiger partial charge in [-0.05, 0) is 37.1 Å². The molecule has 180 valence electrons. The molecular formula is C20H20ClF4N3O5. The van der Waals surface area contributed by atoms with E-state index in [-0.39, 0.29) is 50.2 Å². The largest absolute Gasteiger partial charge is 0.522 e. The van der Waals surface area contributed by atoms with E-state index in [2.05, 4.69) is 20.3 Å². The van der Waals surface area contributed by atoms with Gasteiger partial charge in [-0.1, -0.05) is 11.6 Å². The number of hydrogen-bond acceptors (Lipinski definition) is 7. The van der Waals surface area contributed by atoms with E-state index in [1.54, 1.807) is 24.3 Å². The van der Waals surface area contributed by atoms with Crippen molar-refractivity contribution in [3.63, 3.8) is 0 Å². The first-order chi connectivity index (χ1) is 15.7. The van der Waals surface area contributed by atoms with Crippen molar-refractivity contribution in [3.8, 4) is 5.75 Å². The van der Waals surface area contributed by atoms with Gasteiger partial charge in [-0.3, -0.25) is 9.53 Å². The van der Waals surface area contributed by atoms with Gasteiger partial charge in [0.2, 0.25) is 11.8 Å². The number of carbonyl (C=O) groups excluding carboxylic acids is 1. The zero-order valence-electron chi connectivity index (χ0n) is 17.1. The maximum absolute atomic E-state index is 14.7. The molecule has 1 saturated carbocycles. The molecule has 1 saturated heterocycles. The molecule has 1 aliphatic carbocycles. The van der Waals surface area contributed by atoms with E-state index in [0.717, 1.165) is 0 Å². The van der Waals surface area contributed by atoms with Crippen LogP contribution in [0.4, 0.5) is 17.6 Å². The molecule has 1 amide bonds. The third-order valence-electron chi connectivity index (χ3n) is 5.31. The van der Waals surface area contributed by atoms with E-state index in [1.165, 1.54) is 0 Å². The topological polar surface area (TPSA) is 95.7 Å². The third kappa shape index (κ3) is 6.33. The number of aromatic nitrogens is 2. The van der Waals surface area contributed by atoms with Crippen LogP contribution < -0.4 is 10.1 Å². The maximum atomic E-state index is 14.7. The first-order valence-electron chi connectivity index (χ1n) is 10.2. The maximum Gasteiger partial charge on any atom is 0.522 e. The van der Waals surface area contributed by atoms with Crippen molar-refractivity contribution in [1.29, 1.82) is 0 Å². The van der Waals surface area contributed by atoms with Crippen LogP contribution in [-0.4, -0.2) is 54.0 Å². The molecule has 13 heteroatoms. The second-order valence-electron chi connectivity index (χ2n) is 7.85. The standard InChI is InChI=1S/C20H20ClF4N3O5/c21-11-1-3-13(4-2-11)30-9-16(29)26-12-7-15(22)17(31-8-12)19-28-27-18(32-19)10-5-14(6-10)33-20(23,24)25/h1-4,10,12,14-15,17H,5-9H2,(H,26,29)/t10?,12-,14?,15+,17+/m0/s1. The molecule has 2 aliphatic rings. The number of benzene rings is 1. The summed E-state index contributed by atoms with van der Waals surface area (Å²) in [5, 5.41) is 10.8. The summed E-state index contributed by atoms with van der Waals surface area (Å²) in [6.45, 7) is -0.244. The number of ether oxygens (including phenoxy) is 3. The second-order valence-corrected chi connectivity index (χ2v) is 8.28. The van der Waals surface area contributed by atoms with Crippen molar-refractivity contribution in [3.05, 3.63) is 41.1 Å². The molecule has 0 spiro atoms. The highest BCUT2D eigenvalue weighted by Gasteiger charge is 2.43. The normalized spacial score (nSPS) is 27.6. The first-order valence-corrected chi connectivity index (χ1v) is 10.6. The Bertz CT molecular complexity index is 952. The van der Waals surface area contributed by atoms with Crippen LogP contribution >= 0.6 is 11.6 Å². The Labute approximate surface area is 190 Å². The molecular weight excluding hydrogens is 474 g/mol. The third-order valence-corrected chi connectivity index (χ3v) is 5.56. The lowest BCUT2D eigenvalue weighted by molar-refractivity contribution is -0.352. The minimum absolute atomic E-state index is 0.0143. The summed E-state index contributed by atoms with van der Waals surface area (Å²) in [4.78, 5) is 12.1. The van der Waals surface area contributed by atoms with E-state index in [0.29, 0.717) is 10.8 Å². The number of hydrogen-bond donors (Lipinski definition) is 1. The quantitative estimate of drug-likeness (QED) is 0.585. The van der Waals surface area contributed by atoms with Crippen molar-refractivity contribution in [2.75, 3.05) is 13.2 Å². The van der Waals surface area contributed by atoms with Crippen molar-refractivity contribution < 1.29 is 41.0 Å². The zero-order valence-corrected chi connectivity index (χ0v) is 17.8. The van der Waals surface area contributed by atoms with Crippen LogP contribution in [0.2, 0.25) is 5.02 Å². The summed E-state index contributed by atoms with van der Waals surface area (Å²) in [5.74, 6) is -0.322. The van der Waals surface area contributed by atoms with Gasteiger partial charge >= 0.3 is 6.36 Å². The number of nitrogens with zero attached hydrogens (tertiary/aromatic N) is 2. The molecule has 0 radical (unpaired) electrons. The highest BCUT2D eigenvalue weighted by molar-refractivity contribution is 6.30. The van der Waals surface area contributed by atoms with Crippen LogP contribution in [0.25, 0.3) is 0 Å². The lowest BCUT2D eigenvalue weighted by Gasteiger charge is -2.33. The molecule has 1 aromatic heterocycles. The average molecular weight is 494 g/mol. The molecule has 8 nitrogen and oxygen atoms in total. The van der Waals surface area contributed by atoms with Gasteiger partial charge in [-0.2, -0.15) is 0 Å². The molecule has 2 aromatic rings. The number of nitrogens with one attached hydrogen (secondary N) is 1.